The van der Waals surface area contributed by atoms with Gasteiger partial charge in [0, 0.05) is 24.2 Å². The number of aromatic amines is 1. The van der Waals surface area contributed by atoms with Crippen LogP contribution in [-0.4, -0.2) is 34.7 Å². The molecule has 1 fully saturated rings. The Bertz CT molecular complexity index is 680. The van der Waals surface area contributed by atoms with E-state index in [2.05, 4.69) is 9.88 Å². The summed E-state index contributed by atoms with van der Waals surface area (Å²) in [5.74, 6) is 0.342. The maximum atomic E-state index is 12.1. The highest BCUT2D eigenvalue weighted by Crippen LogP contribution is 2.26. The molecule has 0 aliphatic heterocycles. The molecule has 2 N–H and O–H groups in total. The van der Waals surface area contributed by atoms with Gasteiger partial charge >= 0.3 is 0 Å². The first-order valence-corrected chi connectivity index (χ1v) is 7.61. The van der Waals surface area contributed by atoms with Crippen molar-refractivity contribution in [2.75, 3.05) is 13.6 Å². The lowest BCUT2D eigenvalue weighted by Gasteiger charge is -2.22. The zero-order valence-corrected chi connectivity index (χ0v) is 12.4. The molecule has 1 saturated carbocycles. The predicted molar refractivity (Wildman–Crippen MR) is 84.3 cm³/mol. The average molecular weight is 286 g/mol. The SMILES string of the molecule is CN(Cc1cc2ccccc2[nH]c1=O)CC1CCCC1O. The summed E-state index contributed by atoms with van der Waals surface area (Å²) >= 11 is 0. The Morgan fingerprint density at radius 1 is 1.33 bits per heavy atom. The van der Waals surface area contributed by atoms with Crippen LogP contribution in [0.5, 0.6) is 0 Å². The van der Waals surface area contributed by atoms with Crippen LogP contribution in [0.15, 0.2) is 35.1 Å². The van der Waals surface area contributed by atoms with Gasteiger partial charge in [0.2, 0.25) is 0 Å². The number of benzene rings is 1. The number of para-hydroxylation sites is 1. The number of hydrogen-bond acceptors (Lipinski definition) is 3. The topological polar surface area (TPSA) is 56.3 Å². The van der Waals surface area contributed by atoms with Crippen molar-refractivity contribution in [2.45, 2.75) is 31.9 Å². The normalized spacial score (nSPS) is 22.2. The molecule has 21 heavy (non-hydrogen) atoms. The number of H-pyrrole nitrogens is 1. The van der Waals surface area contributed by atoms with E-state index in [0.29, 0.717) is 12.5 Å². The third-order valence-corrected chi connectivity index (χ3v) is 4.44. The fourth-order valence-electron chi connectivity index (χ4n) is 3.30. The molecule has 0 spiro atoms. The minimum Gasteiger partial charge on any atom is -0.393 e. The average Bonchev–Trinajstić information content (AvgIpc) is 2.85. The Labute approximate surface area is 124 Å². The van der Waals surface area contributed by atoms with Gasteiger partial charge in [0.15, 0.2) is 0 Å². The summed E-state index contributed by atoms with van der Waals surface area (Å²) in [5.41, 5.74) is 1.64. The first-order valence-electron chi connectivity index (χ1n) is 7.61. The zero-order chi connectivity index (χ0) is 14.8. The van der Waals surface area contributed by atoms with Gasteiger partial charge in [0.1, 0.15) is 0 Å². The number of fused-ring (bicyclic) bond motifs is 1. The van der Waals surface area contributed by atoms with Crippen molar-refractivity contribution in [2.24, 2.45) is 5.92 Å². The van der Waals surface area contributed by atoms with E-state index in [9.17, 15) is 9.90 Å². The van der Waals surface area contributed by atoms with Crippen molar-refractivity contribution in [1.29, 1.82) is 0 Å². The molecule has 1 aliphatic rings. The van der Waals surface area contributed by atoms with Crippen molar-refractivity contribution in [3.8, 4) is 0 Å². The van der Waals surface area contributed by atoms with E-state index in [4.69, 9.17) is 0 Å². The van der Waals surface area contributed by atoms with Gasteiger partial charge in [-0.15, -0.1) is 0 Å². The van der Waals surface area contributed by atoms with Gasteiger partial charge in [0.05, 0.1) is 6.10 Å². The third kappa shape index (κ3) is 3.17. The first kappa shape index (κ1) is 14.3. The van der Waals surface area contributed by atoms with E-state index in [1.54, 1.807) is 0 Å². The number of nitrogens with one attached hydrogen (secondary N) is 1. The summed E-state index contributed by atoms with van der Waals surface area (Å²) in [6.45, 7) is 1.46. The molecule has 3 rings (SSSR count). The van der Waals surface area contributed by atoms with E-state index < -0.39 is 0 Å². The van der Waals surface area contributed by atoms with Gasteiger partial charge in [-0.2, -0.15) is 0 Å². The molecular formula is C17H22N2O2. The Morgan fingerprint density at radius 3 is 2.90 bits per heavy atom. The summed E-state index contributed by atoms with van der Waals surface area (Å²) in [5, 5.41) is 11.0. The molecule has 1 aromatic carbocycles. The minimum absolute atomic E-state index is 0.0208. The Balaban J connectivity index is 1.74. The van der Waals surface area contributed by atoms with Gasteiger partial charge in [0.25, 0.3) is 5.56 Å². The van der Waals surface area contributed by atoms with E-state index >= 15 is 0 Å². The van der Waals surface area contributed by atoms with Crippen LogP contribution in [0.2, 0.25) is 0 Å². The number of hydrogen-bond donors (Lipinski definition) is 2. The molecule has 4 nitrogen and oxygen atoms in total. The standard InChI is InChI=1S/C17H22N2O2/c1-19(10-13-6-4-8-16(13)20)11-14-9-12-5-2-3-7-15(12)18-17(14)21/h2-3,5,7,9,13,16,20H,4,6,8,10-11H2,1H3,(H,18,21). The lowest BCUT2D eigenvalue weighted by atomic mass is 10.1. The Kier molecular flexibility index (Phi) is 4.08. The highest BCUT2D eigenvalue weighted by molar-refractivity contribution is 5.78. The van der Waals surface area contributed by atoms with Crippen molar-refractivity contribution >= 4 is 10.9 Å². The third-order valence-electron chi connectivity index (χ3n) is 4.44. The van der Waals surface area contributed by atoms with E-state index in [1.807, 2.05) is 37.4 Å². The van der Waals surface area contributed by atoms with Crippen molar-refractivity contribution in [1.82, 2.24) is 9.88 Å². The highest BCUT2D eigenvalue weighted by Gasteiger charge is 2.26. The quantitative estimate of drug-likeness (QED) is 0.905. The molecule has 1 aliphatic carbocycles. The summed E-state index contributed by atoms with van der Waals surface area (Å²) in [4.78, 5) is 17.2. The van der Waals surface area contributed by atoms with Crippen LogP contribution in [0.4, 0.5) is 0 Å². The molecule has 0 radical (unpaired) electrons. The molecule has 2 atom stereocenters. The first-order chi connectivity index (χ1) is 10.1. The molecule has 0 saturated heterocycles. The maximum Gasteiger partial charge on any atom is 0.252 e. The van der Waals surface area contributed by atoms with Gasteiger partial charge in [-0.1, -0.05) is 24.6 Å². The number of nitrogens with zero attached hydrogens (tertiary/aromatic N) is 1. The van der Waals surface area contributed by atoms with Crippen molar-refractivity contribution in [3.05, 3.63) is 46.2 Å². The summed E-state index contributed by atoms with van der Waals surface area (Å²) in [6, 6.07) is 9.79. The predicted octanol–water partition coefficient (Wildman–Crippen LogP) is 2.12. The number of rotatable bonds is 4. The van der Waals surface area contributed by atoms with Gasteiger partial charge in [-0.05, 0) is 43.3 Å². The fraction of sp³-hybridized carbons (Fsp3) is 0.471. The van der Waals surface area contributed by atoms with Crippen LogP contribution in [0.1, 0.15) is 24.8 Å². The second kappa shape index (κ2) is 6.00. The number of aliphatic hydroxyl groups excluding tert-OH is 1. The summed E-state index contributed by atoms with van der Waals surface area (Å²) in [6.07, 6.45) is 2.92. The summed E-state index contributed by atoms with van der Waals surface area (Å²) in [7, 11) is 2.01. The van der Waals surface area contributed by atoms with Crippen LogP contribution in [0.3, 0.4) is 0 Å². The number of aromatic nitrogens is 1. The molecule has 1 aromatic heterocycles. The van der Waals surface area contributed by atoms with Gasteiger partial charge in [-0.3, -0.25) is 4.79 Å². The summed E-state index contributed by atoms with van der Waals surface area (Å²) < 4.78 is 0. The molecule has 112 valence electrons. The van der Waals surface area contributed by atoms with Crippen molar-refractivity contribution in [3.63, 3.8) is 0 Å². The second-order valence-corrected chi connectivity index (χ2v) is 6.17. The van der Waals surface area contributed by atoms with E-state index in [0.717, 1.165) is 42.3 Å². The zero-order valence-electron chi connectivity index (χ0n) is 12.4. The molecule has 0 bridgehead atoms. The van der Waals surface area contributed by atoms with Gasteiger partial charge < -0.3 is 15.0 Å². The van der Waals surface area contributed by atoms with Crippen LogP contribution in [-0.2, 0) is 6.54 Å². The smallest absolute Gasteiger partial charge is 0.252 e. The Hall–Kier alpha value is -1.65. The molecule has 4 heteroatoms. The molecule has 2 unspecified atom stereocenters. The maximum absolute atomic E-state index is 12.1. The van der Waals surface area contributed by atoms with E-state index in [-0.39, 0.29) is 11.7 Å². The number of aliphatic hydroxyl groups is 1. The highest BCUT2D eigenvalue weighted by atomic mass is 16.3. The van der Waals surface area contributed by atoms with E-state index in [1.165, 1.54) is 0 Å². The van der Waals surface area contributed by atoms with Crippen LogP contribution in [0, 0.1) is 5.92 Å². The lowest BCUT2D eigenvalue weighted by molar-refractivity contribution is 0.108. The Morgan fingerprint density at radius 2 is 2.14 bits per heavy atom. The molecular weight excluding hydrogens is 264 g/mol. The van der Waals surface area contributed by atoms with Gasteiger partial charge in [-0.25, -0.2) is 0 Å². The number of pyridine rings is 1. The monoisotopic (exact) mass is 286 g/mol. The largest absolute Gasteiger partial charge is 0.393 e. The fourth-order valence-corrected chi connectivity index (χ4v) is 3.30. The lowest BCUT2D eigenvalue weighted by Crippen LogP contribution is -2.31. The van der Waals surface area contributed by atoms with Crippen LogP contribution in [0.25, 0.3) is 10.9 Å². The minimum atomic E-state index is -0.178. The van der Waals surface area contributed by atoms with Crippen molar-refractivity contribution < 1.29 is 5.11 Å². The molecule has 2 aromatic rings. The van der Waals surface area contributed by atoms with Crippen LogP contribution >= 0.6 is 0 Å². The molecule has 0 amide bonds. The second-order valence-electron chi connectivity index (χ2n) is 6.17. The molecule has 1 heterocycles. The van der Waals surface area contributed by atoms with Crippen LogP contribution < -0.4 is 5.56 Å².